The Morgan fingerprint density at radius 3 is 2.78 bits per heavy atom. The van der Waals surface area contributed by atoms with Gasteiger partial charge in [-0.05, 0) is 19.1 Å². The van der Waals surface area contributed by atoms with Crippen LogP contribution in [0.4, 0.5) is 0 Å². The van der Waals surface area contributed by atoms with E-state index in [1.54, 1.807) is 0 Å². The summed E-state index contributed by atoms with van der Waals surface area (Å²) < 4.78 is 5.57. The third-order valence-electron chi connectivity index (χ3n) is 3.22. The van der Waals surface area contributed by atoms with Crippen LogP contribution in [0.2, 0.25) is 0 Å². The molecule has 0 bridgehead atoms. The van der Waals surface area contributed by atoms with Gasteiger partial charge in [0.15, 0.2) is 0 Å². The van der Waals surface area contributed by atoms with E-state index in [0.717, 1.165) is 29.1 Å². The summed E-state index contributed by atoms with van der Waals surface area (Å²) in [4.78, 5) is 11.9. The van der Waals surface area contributed by atoms with Gasteiger partial charge in [-0.2, -0.15) is 0 Å². The monoisotopic (exact) mass is 249 g/mol. The second kappa shape index (κ2) is 5.87. The molecule has 1 atom stereocenters. The third-order valence-corrected chi connectivity index (χ3v) is 3.22. The van der Waals surface area contributed by atoms with Gasteiger partial charge in [0.25, 0.3) is 0 Å². The zero-order valence-electron chi connectivity index (χ0n) is 10.6. The Labute approximate surface area is 107 Å². The van der Waals surface area contributed by atoms with Gasteiger partial charge in [-0.15, -0.1) is 0 Å². The molecule has 0 aromatic heterocycles. The molecule has 4 heteroatoms. The van der Waals surface area contributed by atoms with Crippen LogP contribution in [0.1, 0.15) is 25.3 Å². The molecule has 98 valence electrons. The number of nitrogens with one attached hydrogen (secondary N) is 1. The van der Waals surface area contributed by atoms with Gasteiger partial charge in [-0.25, -0.2) is 0 Å². The average Bonchev–Trinajstić information content (AvgIpc) is 3.14. The van der Waals surface area contributed by atoms with Crippen LogP contribution in [0, 0.1) is 0 Å². The van der Waals surface area contributed by atoms with Crippen LogP contribution >= 0.6 is 0 Å². The molecule has 1 saturated carbocycles. The minimum absolute atomic E-state index is 0.0745. The number of aliphatic carboxylic acids is 1. The summed E-state index contributed by atoms with van der Waals surface area (Å²) in [6.45, 7) is 3.33. The van der Waals surface area contributed by atoms with Crippen LogP contribution in [-0.2, 0) is 11.3 Å². The molecule has 1 aliphatic rings. The molecule has 1 N–H and O–H groups in total. The number of carbonyl (C=O) groups excluding carboxylic acids is 1. The van der Waals surface area contributed by atoms with Crippen LogP contribution in [-0.4, -0.2) is 25.2 Å². The Kier molecular flexibility index (Phi) is 4.20. The van der Waals surface area contributed by atoms with E-state index in [2.05, 4.69) is 0 Å². The summed E-state index contributed by atoms with van der Waals surface area (Å²) in [7, 11) is 0. The molecule has 1 aliphatic carbocycles. The standard InChI is InChI=1S/C14H19NO3/c1-2-18-13-6-4-3-5-11(13)9-15(10-14(16)17)12-7-8-12/h3-6,12H,2,7-10H2,1H3,(H,16,17). The fraction of sp³-hybridized carbons (Fsp3) is 0.500. The number of para-hydroxylation sites is 1. The molecule has 1 aromatic carbocycles. The molecule has 0 aliphatic heterocycles. The van der Waals surface area contributed by atoms with Gasteiger partial charge in [-0.1, -0.05) is 12.1 Å². The Balaban J connectivity index is 2.07. The lowest BCUT2D eigenvalue weighted by molar-refractivity contribution is -0.919. The summed E-state index contributed by atoms with van der Waals surface area (Å²) in [5.41, 5.74) is 1.07. The highest BCUT2D eigenvalue weighted by Gasteiger charge is 2.33. The summed E-state index contributed by atoms with van der Waals surface area (Å²) in [6.07, 6.45) is 2.22. The first kappa shape index (κ1) is 12.9. The van der Waals surface area contributed by atoms with Crippen molar-refractivity contribution in [3.8, 4) is 5.75 Å². The highest BCUT2D eigenvalue weighted by atomic mass is 16.5. The fourth-order valence-electron chi connectivity index (χ4n) is 2.22. The largest absolute Gasteiger partial charge is 0.544 e. The third kappa shape index (κ3) is 3.47. The molecule has 0 radical (unpaired) electrons. The lowest BCUT2D eigenvalue weighted by Gasteiger charge is -2.21. The summed E-state index contributed by atoms with van der Waals surface area (Å²) >= 11 is 0. The van der Waals surface area contributed by atoms with Crippen LogP contribution in [0.3, 0.4) is 0 Å². The number of ether oxygens (including phenoxy) is 1. The van der Waals surface area contributed by atoms with E-state index in [4.69, 9.17) is 4.74 Å². The minimum atomic E-state index is -0.981. The lowest BCUT2D eigenvalue weighted by atomic mass is 10.2. The summed E-state index contributed by atoms with van der Waals surface area (Å²) in [5, 5.41) is 10.8. The van der Waals surface area contributed by atoms with Crippen molar-refractivity contribution in [2.45, 2.75) is 32.4 Å². The average molecular weight is 249 g/mol. The number of hydrogen-bond acceptors (Lipinski definition) is 3. The molecule has 0 amide bonds. The molecule has 1 aromatic rings. The normalized spacial score (nSPS) is 16.3. The van der Waals surface area contributed by atoms with Crippen LogP contribution < -0.4 is 14.7 Å². The highest BCUT2D eigenvalue weighted by Crippen LogP contribution is 2.19. The summed E-state index contributed by atoms with van der Waals surface area (Å²) in [6, 6.07) is 8.30. The zero-order valence-corrected chi connectivity index (χ0v) is 10.6. The molecule has 1 unspecified atom stereocenters. The number of rotatable bonds is 7. The fourth-order valence-corrected chi connectivity index (χ4v) is 2.22. The number of hydrogen-bond donors (Lipinski definition) is 1. The molecule has 0 saturated heterocycles. The Hall–Kier alpha value is -1.55. The predicted octanol–water partition coefficient (Wildman–Crippen LogP) is -0.617. The second-order valence-corrected chi connectivity index (χ2v) is 4.70. The maximum atomic E-state index is 10.8. The smallest absolute Gasteiger partial charge is 0.128 e. The molecular formula is C14H19NO3. The van der Waals surface area contributed by atoms with E-state index in [9.17, 15) is 9.90 Å². The Morgan fingerprint density at radius 2 is 2.17 bits per heavy atom. The van der Waals surface area contributed by atoms with E-state index >= 15 is 0 Å². The number of carbonyl (C=O) groups is 1. The number of benzene rings is 1. The highest BCUT2D eigenvalue weighted by molar-refractivity contribution is 5.65. The van der Waals surface area contributed by atoms with E-state index in [0.29, 0.717) is 19.2 Å². The van der Waals surface area contributed by atoms with E-state index < -0.39 is 5.97 Å². The maximum Gasteiger partial charge on any atom is 0.128 e. The number of quaternary nitrogens is 1. The van der Waals surface area contributed by atoms with Crippen molar-refractivity contribution in [2.24, 2.45) is 0 Å². The first-order valence-electron chi connectivity index (χ1n) is 6.45. The lowest BCUT2D eigenvalue weighted by Crippen LogP contribution is -3.13. The van der Waals surface area contributed by atoms with Gasteiger partial charge in [-0.3, -0.25) is 0 Å². The molecule has 4 nitrogen and oxygen atoms in total. The molecule has 0 heterocycles. The van der Waals surface area contributed by atoms with Gasteiger partial charge in [0.05, 0.1) is 18.6 Å². The van der Waals surface area contributed by atoms with Crippen molar-refractivity contribution >= 4 is 5.97 Å². The van der Waals surface area contributed by atoms with E-state index in [-0.39, 0.29) is 6.54 Å². The van der Waals surface area contributed by atoms with Crippen molar-refractivity contribution in [3.05, 3.63) is 29.8 Å². The van der Waals surface area contributed by atoms with Crippen molar-refractivity contribution in [3.63, 3.8) is 0 Å². The van der Waals surface area contributed by atoms with Crippen LogP contribution in [0.15, 0.2) is 24.3 Å². The van der Waals surface area contributed by atoms with Crippen LogP contribution in [0.5, 0.6) is 5.75 Å². The van der Waals surface area contributed by atoms with E-state index in [1.807, 2.05) is 31.2 Å². The second-order valence-electron chi connectivity index (χ2n) is 4.70. The Bertz CT molecular complexity index is 415. The minimum Gasteiger partial charge on any atom is -0.544 e. The summed E-state index contributed by atoms with van der Waals surface area (Å²) in [5.74, 6) is -0.123. The van der Waals surface area contributed by atoms with Gasteiger partial charge in [0.2, 0.25) is 0 Å². The molecule has 18 heavy (non-hydrogen) atoms. The van der Waals surface area contributed by atoms with Crippen molar-refractivity contribution in [2.75, 3.05) is 13.2 Å². The number of carboxylic acid groups (broad SMARTS) is 1. The first-order valence-corrected chi connectivity index (χ1v) is 6.45. The van der Waals surface area contributed by atoms with Crippen molar-refractivity contribution < 1.29 is 19.5 Å². The molecule has 0 spiro atoms. The van der Waals surface area contributed by atoms with Gasteiger partial charge >= 0.3 is 0 Å². The SMILES string of the molecule is CCOc1ccccc1C[NH+](CC(=O)[O-])C1CC1. The van der Waals surface area contributed by atoms with Crippen molar-refractivity contribution in [1.29, 1.82) is 0 Å². The van der Waals surface area contributed by atoms with Gasteiger partial charge in [0.1, 0.15) is 18.8 Å². The molecular weight excluding hydrogens is 230 g/mol. The number of carboxylic acids is 1. The molecule has 2 rings (SSSR count). The van der Waals surface area contributed by atoms with Gasteiger partial charge in [0, 0.05) is 18.4 Å². The maximum absolute atomic E-state index is 10.8. The topological polar surface area (TPSA) is 53.8 Å². The molecule has 1 fully saturated rings. The quantitative estimate of drug-likeness (QED) is 0.701. The predicted molar refractivity (Wildman–Crippen MR) is 65.2 cm³/mol. The van der Waals surface area contributed by atoms with Crippen LogP contribution in [0.25, 0.3) is 0 Å². The Morgan fingerprint density at radius 1 is 1.44 bits per heavy atom. The first-order chi connectivity index (χ1) is 8.70. The van der Waals surface area contributed by atoms with E-state index in [1.165, 1.54) is 0 Å². The van der Waals surface area contributed by atoms with Crippen molar-refractivity contribution in [1.82, 2.24) is 0 Å². The van der Waals surface area contributed by atoms with Gasteiger partial charge < -0.3 is 19.5 Å². The zero-order chi connectivity index (χ0) is 13.0.